The van der Waals surface area contributed by atoms with Crippen LogP contribution in [-0.4, -0.2) is 40.4 Å². The van der Waals surface area contributed by atoms with E-state index < -0.39 is 24.0 Å². The maximum Gasteiger partial charge on any atom is 0.326 e. The van der Waals surface area contributed by atoms with Crippen molar-refractivity contribution in [1.29, 1.82) is 0 Å². The molecule has 7 nitrogen and oxygen atoms in total. The van der Waals surface area contributed by atoms with Crippen LogP contribution in [0, 0.1) is 5.92 Å². The molecule has 8 heteroatoms. The van der Waals surface area contributed by atoms with Crippen LogP contribution in [0.15, 0.2) is 97.1 Å². The second-order valence-electron chi connectivity index (χ2n) is 12.5. The van der Waals surface area contributed by atoms with E-state index in [1.54, 1.807) is 11.0 Å². The lowest BCUT2D eigenvalue weighted by Crippen LogP contribution is -2.51. The maximum absolute atomic E-state index is 14.2. The highest BCUT2D eigenvalue weighted by Gasteiger charge is 2.38. The number of aliphatic carboxylic acids is 1. The molecule has 4 aromatic carbocycles. The number of carboxylic acids is 1. The fourth-order valence-electron chi connectivity index (χ4n) is 6.76. The highest BCUT2D eigenvalue weighted by molar-refractivity contribution is 6.30. The van der Waals surface area contributed by atoms with Gasteiger partial charge in [-0.3, -0.25) is 9.59 Å². The summed E-state index contributed by atoms with van der Waals surface area (Å²) in [5, 5.41) is 13.6. The Balaban J connectivity index is 1.24. The van der Waals surface area contributed by atoms with Crippen LogP contribution >= 0.6 is 11.6 Å². The molecule has 1 aliphatic carbocycles. The number of nitrogens with one attached hydrogen (secondary N) is 1. The number of hydrogen-bond donors (Lipinski definition) is 2. The van der Waals surface area contributed by atoms with Gasteiger partial charge in [-0.25, -0.2) is 4.79 Å². The molecule has 242 valence electrons. The Morgan fingerprint density at radius 1 is 0.872 bits per heavy atom. The van der Waals surface area contributed by atoms with Gasteiger partial charge in [0.1, 0.15) is 24.4 Å². The van der Waals surface area contributed by atoms with Crippen molar-refractivity contribution in [2.24, 2.45) is 5.92 Å². The Labute approximate surface area is 280 Å². The molecule has 4 aromatic rings. The van der Waals surface area contributed by atoms with E-state index in [4.69, 9.17) is 16.3 Å². The van der Waals surface area contributed by atoms with Crippen LogP contribution in [0.4, 0.5) is 0 Å². The summed E-state index contributed by atoms with van der Waals surface area (Å²) >= 11 is 6.15. The van der Waals surface area contributed by atoms with E-state index in [2.05, 4.69) is 5.32 Å². The number of carbonyl (C=O) groups excluding carboxylic acids is 2. The summed E-state index contributed by atoms with van der Waals surface area (Å²) in [6, 6.07) is 28.5. The summed E-state index contributed by atoms with van der Waals surface area (Å²) in [7, 11) is 0. The first-order valence-electron chi connectivity index (χ1n) is 16.3. The summed E-state index contributed by atoms with van der Waals surface area (Å²) in [4.78, 5) is 42.0. The number of benzene rings is 4. The minimum atomic E-state index is -1.18. The van der Waals surface area contributed by atoms with E-state index in [1.165, 1.54) is 0 Å². The van der Waals surface area contributed by atoms with Crippen molar-refractivity contribution in [3.05, 3.63) is 124 Å². The monoisotopic (exact) mass is 650 g/mol. The molecule has 1 heterocycles. The van der Waals surface area contributed by atoms with Crippen LogP contribution in [0.25, 0.3) is 11.1 Å². The number of carbonyl (C=O) groups is 3. The van der Waals surface area contributed by atoms with Gasteiger partial charge in [0.15, 0.2) is 0 Å². The predicted octanol–water partition coefficient (Wildman–Crippen LogP) is 7.40. The van der Waals surface area contributed by atoms with Crippen molar-refractivity contribution in [2.45, 2.75) is 63.6 Å². The number of halogens is 1. The Morgan fingerprint density at radius 2 is 1.62 bits per heavy atom. The van der Waals surface area contributed by atoms with Crippen molar-refractivity contribution >= 4 is 29.4 Å². The largest absolute Gasteiger partial charge is 0.489 e. The van der Waals surface area contributed by atoms with E-state index in [9.17, 15) is 19.5 Å². The molecule has 2 N–H and O–H groups in total. The molecule has 1 aliphatic heterocycles. The van der Waals surface area contributed by atoms with E-state index in [0.29, 0.717) is 41.6 Å². The highest BCUT2D eigenvalue weighted by atomic mass is 35.5. The first-order chi connectivity index (χ1) is 22.8. The Hall–Kier alpha value is -4.62. The third-order valence-corrected chi connectivity index (χ3v) is 9.50. The van der Waals surface area contributed by atoms with Crippen LogP contribution < -0.4 is 10.1 Å². The zero-order valence-electron chi connectivity index (χ0n) is 26.2. The normalized spacial score (nSPS) is 16.7. The zero-order valence-corrected chi connectivity index (χ0v) is 27.0. The quantitative estimate of drug-likeness (QED) is 0.176. The van der Waals surface area contributed by atoms with Gasteiger partial charge in [0, 0.05) is 24.4 Å². The van der Waals surface area contributed by atoms with E-state index >= 15 is 0 Å². The van der Waals surface area contributed by atoms with Gasteiger partial charge in [-0.15, -0.1) is 0 Å². The Morgan fingerprint density at radius 3 is 2.34 bits per heavy atom. The molecule has 0 bridgehead atoms. The average molecular weight is 651 g/mol. The van der Waals surface area contributed by atoms with Crippen molar-refractivity contribution in [2.75, 3.05) is 6.54 Å². The third-order valence-electron chi connectivity index (χ3n) is 9.26. The molecule has 2 aliphatic rings. The minimum absolute atomic E-state index is 0.0728. The van der Waals surface area contributed by atoms with Crippen LogP contribution in [0.1, 0.15) is 60.4 Å². The predicted molar refractivity (Wildman–Crippen MR) is 182 cm³/mol. The summed E-state index contributed by atoms with van der Waals surface area (Å²) in [6.07, 6.45) is 5.35. The molecule has 2 atom stereocenters. The van der Waals surface area contributed by atoms with Crippen LogP contribution in [0.5, 0.6) is 5.75 Å². The number of amides is 2. The summed E-state index contributed by atoms with van der Waals surface area (Å²) in [5.41, 5.74) is 5.37. The molecule has 0 spiro atoms. The van der Waals surface area contributed by atoms with Crippen LogP contribution in [-0.2, 0) is 33.8 Å². The lowest BCUT2D eigenvalue weighted by molar-refractivity contribution is -0.145. The first kappa shape index (κ1) is 32.3. The highest BCUT2D eigenvalue weighted by Crippen LogP contribution is 2.36. The minimum Gasteiger partial charge on any atom is -0.489 e. The van der Waals surface area contributed by atoms with Gasteiger partial charge in [0.05, 0.1) is 0 Å². The van der Waals surface area contributed by atoms with Gasteiger partial charge in [-0.2, -0.15) is 0 Å². The lowest BCUT2D eigenvalue weighted by Gasteiger charge is -2.37. The number of nitrogens with zero attached hydrogens (tertiary/aromatic N) is 1. The van der Waals surface area contributed by atoms with E-state index in [1.807, 2.05) is 91.0 Å². The Kier molecular flexibility index (Phi) is 10.2. The topological polar surface area (TPSA) is 95.9 Å². The molecule has 2 amide bonds. The fraction of sp³-hybridized carbons (Fsp3) is 0.308. The smallest absolute Gasteiger partial charge is 0.326 e. The SMILES string of the molecule is O=C(N[C@@H](Cc1ccc(-c2ccccc2)cc1)C(=O)O)C1c2cc(OCc3cccc(Cl)c3)ccc2CCN1C(=O)CC1CCCC1. The molecule has 47 heavy (non-hydrogen) atoms. The summed E-state index contributed by atoms with van der Waals surface area (Å²) < 4.78 is 6.10. The molecule has 1 fully saturated rings. The van der Waals surface area contributed by atoms with Crippen LogP contribution in [0.3, 0.4) is 0 Å². The third kappa shape index (κ3) is 8.03. The van der Waals surface area contributed by atoms with Crippen LogP contribution in [0.2, 0.25) is 5.02 Å². The number of ether oxygens (including phenoxy) is 1. The molecular weight excluding hydrogens is 612 g/mol. The number of fused-ring (bicyclic) bond motifs is 1. The molecule has 6 rings (SSSR count). The standard InChI is InChI=1S/C39H39ClN2O5/c40-32-12-6-9-28(21-32)25-47-33-18-17-31-19-20-42(36(43)23-26-7-4-5-8-26)37(34(31)24-33)38(44)41-35(39(45)46)22-27-13-15-30(16-14-27)29-10-2-1-3-11-29/h1-3,6,9-18,21,24,26,35,37H,4-5,7-8,19-20,22-23,25H2,(H,41,44)(H,45,46)/t35-,37?/m0/s1. The summed E-state index contributed by atoms with van der Waals surface area (Å²) in [6.45, 7) is 0.669. The van der Waals surface area contributed by atoms with E-state index in [0.717, 1.165) is 53.5 Å². The first-order valence-corrected chi connectivity index (χ1v) is 16.7. The van der Waals surface area contributed by atoms with Crippen molar-refractivity contribution in [1.82, 2.24) is 10.2 Å². The second kappa shape index (κ2) is 14.9. The van der Waals surface area contributed by atoms with Gasteiger partial charge in [-0.05, 0) is 82.8 Å². The number of rotatable bonds is 11. The lowest BCUT2D eigenvalue weighted by atomic mass is 9.90. The van der Waals surface area contributed by atoms with Gasteiger partial charge in [-0.1, -0.05) is 97.2 Å². The number of carboxylic acid groups (broad SMARTS) is 1. The van der Waals surface area contributed by atoms with Crippen molar-refractivity contribution in [3.8, 4) is 16.9 Å². The molecule has 1 unspecified atom stereocenters. The fourth-order valence-corrected chi connectivity index (χ4v) is 6.97. The molecule has 0 aromatic heterocycles. The van der Waals surface area contributed by atoms with Crippen molar-refractivity contribution in [3.63, 3.8) is 0 Å². The van der Waals surface area contributed by atoms with Gasteiger partial charge >= 0.3 is 5.97 Å². The average Bonchev–Trinajstić information content (AvgIpc) is 3.60. The van der Waals surface area contributed by atoms with Gasteiger partial charge < -0.3 is 20.1 Å². The Bertz CT molecular complexity index is 1720. The molecule has 0 radical (unpaired) electrons. The number of hydrogen-bond acceptors (Lipinski definition) is 4. The molecule has 1 saturated carbocycles. The molecular formula is C39H39ClN2O5. The van der Waals surface area contributed by atoms with Gasteiger partial charge in [0.2, 0.25) is 11.8 Å². The molecule has 0 saturated heterocycles. The maximum atomic E-state index is 14.2. The van der Waals surface area contributed by atoms with Gasteiger partial charge in [0.25, 0.3) is 0 Å². The van der Waals surface area contributed by atoms with Crippen molar-refractivity contribution < 1.29 is 24.2 Å². The summed E-state index contributed by atoms with van der Waals surface area (Å²) in [5.74, 6) is -0.850. The second-order valence-corrected chi connectivity index (χ2v) is 13.0. The van der Waals surface area contributed by atoms with E-state index in [-0.39, 0.29) is 18.9 Å². The zero-order chi connectivity index (χ0) is 32.8.